The fourth-order valence-electron chi connectivity index (χ4n) is 6.55. The third-order valence-corrected chi connectivity index (χ3v) is 8.36. The lowest BCUT2D eigenvalue weighted by atomic mass is 9.78. The summed E-state index contributed by atoms with van der Waals surface area (Å²) in [7, 11) is 0. The summed E-state index contributed by atoms with van der Waals surface area (Å²) in [4.78, 5) is 9.53. The van der Waals surface area contributed by atoms with Gasteiger partial charge in [0.2, 0.25) is 0 Å². The van der Waals surface area contributed by atoms with Crippen LogP contribution in [0.2, 0.25) is 0 Å². The highest BCUT2D eigenvalue weighted by Gasteiger charge is 2.32. The third kappa shape index (κ3) is 4.02. The smallest absolute Gasteiger partial charge is 0.133 e. The molecule has 1 unspecified atom stereocenters. The van der Waals surface area contributed by atoms with Crippen LogP contribution in [0.4, 0.5) is 28.6 Å². The summed E-state index contributed by atoms with van der Waals surface area (Å²) in [6.45, 7) is 0. The van der Waals surface area contributed by atoms with Gasteiger partial charge >= 0.3 is 0 Å². The Bertz CT molecular complexity index is 1870. The van der Waals surface area contributed by atoms with Gasteiger partial charge in [-0.2, -0.15) is 0 Å². The molecule has 8 rings (SSSR count). The zero-order valence-corrected chi connectivity index (χ0v) is 23.1. The van der Waals surface area contributed by atoms with Gasteiger partial charge in [0.25, 0.3) is 0 Å². The molecule has 1 aromatic heterocycles. The first-order chi connectivity index (χ1) is 20.9. The maximum atomic E-state index is 4.80. The number of para-hydroxylation sites is 3. The molecule has 2 aliphatic carbocycles. The summed E-state index contributed by atoms with van der Waals surface area (Å²) in [5.41, 5.74) is 9.91. The molecule has 1 heterocycles. The van der Waals surface area contributed by atoms with Crippen LogP contribution in [0.1, 0.15) is 16.7 Å². The van der Waals surface area contributed by atoms with E-state index >= 15 is 0 Å². The Morgan fingerprint density at radius 3 is 1.95 bits per heavy atom. The second-order valence-electron chi connectivity index (χ2n) is 10.8. The molecule has 3 heteroatoms. The van der Waals surface area contributed by atoms with E-state index in [0.717, 1.165) is 29.3 Å². The van der Waals surface area contributed by atoms with Crippen molar-refractivity contribution in [2.45, 2.75) is 12.5 Å². The second-order valence-corrected chi connectivity index (χ2v) is 10.8. The molecular weight excluding hydrogens is 510 g/mol. The molecule has 0 N–H and O–H groups in total. The van der Waals surface area contributed by atoms with Gasteiger partial charge in [-0.05, 0) is 88.7 Å². The van der Waals surface area contributed by atoms with E-state index in [1.807, 2.05) is 12.3 Å². The summed E-state index contributed by atoms with van der Waals surface area (Å²) in [5, 5.41) is 2.62. The molecule has 0 aliphatic heterocycles. The van der Waals surface area contributed by atoms with Crippen molar-refractivity contribution in [3.8, 4) is 0 Å². The maximum Gasteiger partial charge on any atom is 0.133 e. The zero-order chi connectivity index (χ0) is 27.9. The first-order valence-corrected chi connectivity index (χ1v) is 14.5. The van der Waals surface area contributed by atoms with E-state index in [1.54, 1.807) is 0 Å². The van der Waals surface area contributed by atoms with Gasteiger partial charge in [-0.3, -0.25) is 0 Å². The largest absolute Gasteiger partial charge is 0.315 e. The van der Waals surface area contributed by atoms with Crippen LogP contribution in [0.5, 0.6) is 0 Å². The lowest BCUT2D eigenvalue weighted by Gasteiger charge is -2.37. The second kappa shape index (κ2) is 10.2. The fraction of sp³-hybridized carbons (Fsp3) is 0.0513. The number of benzene rings is 5. The molecule has 200 valence electrons. The summed E-state index contributed by atoms with van der Waals surface area (Å²) in [6, 6.07) is 47.3. The molecule has 0 radical (unpaired) electrons. The van der Waals surface area contributed by atoms with Gasteiger partial charge in [0.1, 0.15) is 5.82 Å². The van der Waals surface area contributed by atoms with E-state index in [2.05, 4.69) is 155 Å². The van der Waals surface area contributed by atoms with E-state index in [-0.39, 0.29) is 6.04 Å². The Labute approximate surface area is 246 Å². The van der Waals surface area contributed by atoms with Crippen molar-refractivity contribution < 1.29 is 0 Å². The molecule has 0 spiro atoms. The number of rotatable bonds is 6. The van der Waals surface area contributed by atoms with Gasteiger partial charge in [0.15, 0.2) is 0 Å². The van der Waals surface area contributed by atoms with E-state index in [9.17, 15) is 0 Å². The van der Waals surface area contributed by atoms with Crippen molar-refractivity contribution in [2.75, 3.05) is 9.80 Å². The van der Waals surface area contributed by atoms with Crippen LogP contribution in [0.15, 0.2) is 152 Å². The SMILES string of the molecule is C1=CC(N(c2ccccc2)c2ccccn2)C2=CCc3ccc(N(c4ccccc4)c4ccccc4)c4ccc1c2c34. The van der Waals surface area contributed by atoms with E-state index in [0.29, 0.717) is 0 Å². The van der Waals surface area contributed by atoms with Gasteiger partial charge in [-0.1, -0.05) is 97.1 Å². The molecule has 0 saturated carbocycles. The van der Waals surface area contributed by atoms with Gasteiger partial charge < -0.3 is 9.80 Å². The molecule has 0 amide bonds. The average molecular weight is 540 g/mol. The molecule has 0 bridgehead atoms. The molecule has 1 atom stereocenters. The van der Waals surface area contributed by atoms with Crippen molar-refractivity contribution in [3.63, 3.8) is 0 Å². The van der Waals surface area contributed by atoms with Crippen molar-refractivity contribution >= 4 is 51.0 Å². The lowest BCUT2D eigenvalue weighted by molar-refractivity contribution is 0.926. The summed E-state index contributed by atoms with van der Waals surface area (Å²) < 4.78 is 0. The predicted molar refractivity (Wildman–Crippen MR) is 176 cm³/mol. The molecule has 0 fully saturated rings. The Morgan fingerprint density at radius 1 is 0.619 bits per heavy atom. The molecule has 6 aromatic rings. The van der Waals surface area contributed by atoms with Crippen molar-refractivity contribution in [1.29, 1.82) is 0 Å². The van der Waals surface area contributed by atoms with Crippen LogP contribution in [-0.2, 0) is 6.42 Å². The summed E-state index contributed by atoms with van der Waals surface area (Å²) >= 11 is 0. The highest BCUT2D eigenvalue weighted by molar-refractivity contribution is 6.10. The van der Waals surface area contributed by atoms with Crippen LogP contribution < -0.4 is 9.80 Å². The predicted octanol–water partition coefficient (Wildman–Crippen LogP) is 9.88. The molecule has 3 nitrogen and oxygen atoms in total. The van der Waals surface area contributed by atoms with Gasteiger partial charge in [-0.25, -0.2) is 4.98 Å². The lowest BCUT2D eigenvalue weighted by Crippen LogP contribution is -2.33. The monoisotopic (exact) mass is 539 g/mol. The van der Waals surface area contributed by atoms with Crippen LogP contribution >= 0.6 is 0 Å². The number of allylic oxidation sites excluding steroid dienone is 1. The fourth-order valence-corrected chi connectivity index (χ4v) is 6.55. The van der Waals surface area contributed by atoms with Crippen LogP contribution in [0, 0.1) is 0 Å². The minimum absolute atomic E-state index is 0.0246. The van der Waals surface area contributed by atoms with Crippen LogP contribution in [-0.4, -0.2) is 11.0 Å². The molecule has 42 heavy (non-hydrogen) atoms. The van der Waals surface area contributed by atoms with Crippen molar-refractivity contribution in [3.05, 3.63) is 168 Å². The quantitative estimate of drug-likeness (QED) is 0.210. The van der Waals surface area contributed by atoms with Gasteiger partial charge in [0, 0.05) is 28.6 Å². The molecule has 5 aromatic carbocycles. The van der Waals surface area contributed by atoms with E-state index < -0.39 is 0 Å². The first-order valence-electron chi connectivity index (χ1n) is 14.5. The molecular formula is C39H29N3. The summed E-state index contributed by atoms with van der Waals surface area (Å²) in [6.07, 6.45) is 9.83. The highest BCUT2D eigenvalue weighted by atomic mass is 15.2. The Hall–Kier alpha value is -5.41. The number of pyridine rings is 1. The number of hydrogen-bond donors (Lipinski definition) is 0. The standard InChI is InChI=1S/C39H29N3/c1-4-12-30(13-5-1)41(31-14-6-2-7-15-31)35-25-21-28-20-24-34-36(26-22-29-19-23-33(35)38(28)39(29)34)42(32-16-8-3-9-17-32)37-18-10-11-27-40-37/h1-19,21-27,36H,20H2. The number of anilines is 5. The molecule has 2 aliphatic rings. The maximum absolute atomic E-state index is 4.80. The van der Waals surface area contributed by atoms with Crippen molar-refractivity contribution in [1.82, 2.24) is 4.98 Å². The Kier molecular flexibility index (Phi) is 5.93. The van der Waals surface area contributed by atoms with E-state index in [1.165, 1.54) is 38.7 Å². The van der Waals surface area contributed by atoms with Gasteiger partial charge in [-0.15, -0.1) is 0 Å². The topological polar surface area (TPSA) is 19.4 Å². The average Bonchev–Trinajstić information content (AvgIpc) is 3.07. The molecule has 0 saturated heterocycles. The third-order valence-electron chi connectivity index (χ3n) is 8.36. The Morgan fingerprint density at radius 2 is 1.29 bits per heavy atom. The van der Waals surface area contributed by atoms with E-state index in [4.69, 9.17) is 4.98 Å². The summed E-state index contributed by atoms with van der Waals surface area (Å²) in [5.74, 6) is 0.939. The van der Waals surface area contributed by atoms with Crippen LogP contribution in [0.25, 0.3) is 22.4 Å². The highest BCUT2D eigenvalue weighted by Crippen LogP contribution is 2.48. The number of aromatic nitrogens is 1. The first kappa shape index (κ1) is 24.4. The minimum atomic E-state index is 0.0246. The Balaban J connectivity index is 1.33. The number of hydrogen-bond acceptors (Lipinski definition) is 3. The van der Waals surface area contributed by atoms with Crippen LogP contribution in [0.3, 0.4) is 0 Å². The number of nitrogens with zero attached hydrogens (tertiary/aromatic N) is 3. The van der Waals surface area contributed by atoms with Crippen molar-refractivity contribution in [2.24, 2.45) is 0 Å². The van der Waals surface area contributed by atoms with Gasteiger partial charge in [0.05, 0.1) is 11.7 Å². The zero-order valence-electron chi connectivity index (χ0n) is 23.1. The minimum Gasteiger partial charge on any atom is -0.315 e. The normalized spacial score (nSPS) is 14.9.